The molecule has 8 heteroatoms. The molecule has 0 bridgehead atoms. The largest absolute Gasteiger partial charge is 0.458 e. The summed E-state index contributed by atoms with van der Waals surface area (Å²) in [5.74, 6) is -4.64. The SMILES string of the molecule is Cl.N=CN1CC[C@H](OC(=O)[C@](O)(c2ccccc2)[C@@H]2CCC(F)(F)C2)C1. The lowest BCUT2D eigenvalue weighted by Crippen LogP contribution is -2.45. The number of ether oxygens (including phenoxy) is 1. The molecule has 26 heavy (non-hydrogen) atoms. The first kappa shape index (κ1) is 20.6. The number of rotatable bonds is 5. The van der Waals surface area contributed by atoms with E-state index in [1.807, 2.05) is 0 Å². The highest BCUT2D eigenvalue weighted by Gasteiger charge is 2.54. The Morgan fingerprint density at radius 1 is 1.35 bits per heavy atom. The van der Waals surface area contributed by atoms with Gasteiger partial charge in [0.05, 0.1) is 12.9 Å². The third kappa shape index (κ3) is 3.99. The van der Waals surface area contributed by atoms with Crippen molar-refractivity contribution in [3.63, 3.8) is 0 Å². The van der Waals surface area contributed by atoms with Crippen LogP contribution >= 0.6 is 12.4 Å². The summed E-state index contributed by atoms with van der Waals surface area (Å²) in [4.78, 5) is 14.5. The minimum Gasteiger partial charge on any atom is -0.458 e. The predicted octanol–water partition coefficient (Wildman–Crippen LogP) is 2.96. The van der Waals surface area contributed by atoms with Crippen LogP contribution in [0.5, 0.6) is 0 Å². The van der Waals surface area contributed by atoms with E-state index in [4.69, 9.17) is 10.1 Å². The zero-order valence-electron chi connectivity index (χ0n) is 14.2. The van der Waals surface area contributed by atoms with Crippen molar-refractivity contribution in [1.82, 2.24) is 4.90 Å². The topological polar surface area (TPSA) is 73.6 Å². The highest BCUT2D eigenvalue weighted by atomic mass is 35.5. The maximum atomic E-state index is 13.7. The molecule has 5 nitrogen and oxygen atoms in total. The summed E-state index contributed by atoms with van der Waals surface area (Å²) in [6, 6.07) is 8.18. The summed E-state index contributed by atoms with van der Waals surface area (Å²) < 4.78 is 32.9. The van der Waals surface area contributed by atoms with Crippen LogP contribution in [-0.2, 0) is 15.1 Å². The number of benzene rings is 1. The number of carbonyl (C=O) groups is 1. The number of likely N-dealkylation sites (tertiary alicyclic amines) is 1. The Bertz CT molecular complexity index is 647. The molecule has 1 aromatic rings. The monoisotopic (exact) mass is 388 g/mol. The fraction of sp³-hybridized carbons (Fsp3) is 0.556. The van der Waals surface area contributed by atoms with Crippen LogP contribution in [0.25, 0.3) is 0 Å². The van der Waals surface area contributed by atoms with Gasteiger partial charge < -0.3 is 14.7 Å². The molecule has 1 aliphatic heterocycles. The minimum atomic E-state index is -2.88. The van der Waals surface area contributed by atoms with E-state index in [1.165, 1.54) is 6.34 Å². The van der Waals surface area contributed by atoms with Crippen molar-refractivity contribution in [2.75, 3.05) is 13.1 Å². The van der Waals surface area contributed by atoms with Crippen LogP contribution in [0.2, 0.25) is 0 Å². The van der Waals surface area contributed by atoms with Gasteiger partial charge in [-0.15, -0.1) is 12.4 Å². The van der Waals surface area contributed by atoms with Gasteiger partial charge in [-0.1, -0.05) is 30.3 Å². The van der Waals surface area contributed by atoms with E-state index in [-0.39, 0.29) is 30.8 Å². The molecule has 3 rings (SSSR count). The number of hydrogen-bond donors (Lipinski definition) is 2. The summed E-state index contributed by atoms with van der Waals surface area (Å²) in [6.07, 6.45) is 0.452. The van der Waals surface area contributed by atoms with Gasteiger partial charge in [0.15, 0.2) is 5.60 Å². The van der Waals surface area contributed by atoms with Crippen LogP contribution < -0.4 is 0 Å². The molecular formula is C18H23ClF2N2O3. The Morgan fingerprint density at radius 3 is 2.58 bits per heavy atom. The fourth-order valence-corrected chi connectivity index (χ4v) is 3.73. The standard InChI is InChI=1S/C18H22F2N2O3.ClH/c19-17(20)8-6-14(10-17)18(24,13-4-2-1-3-5-13)16(23)25-15-7-9-22(11-15)12-21;/h1-5,12,14-15,21,24H,6-11H2;1H/t14-,15+,18+;/m1./s1. The zero-order chi connectivity index (χ0) is 18.1. The number of nitrogens with one attached hydrogen (secondary N) is 1. The number of nitrogens with zero attached hydrogens (tertiary/aromatic N) is 1. The number of hydrogen-bond acceptors (Lipinski definition) is 4. The molecule has 3 atom stereocenters. The Kier molecular flexibility index (Phi) is 6.24. The quantitative estimate of drug-likeness (QED) is 0.462. The second-order valence-electron chi connectivity index (χ2n) is 6.87. The van der Waals surface area contributed by atoms with Gasteiger partial charge in [-0.3, -0.25) is 5.41 Å². The molecule has 1 saturated heterocycles. The molecule has 0 unspecified atom stereocenters. The maximum Gasteiger partial charge on any atom is 0.343 e. The van der Waals surface area contributed by atoms with Crippen molar-refractivity contribution in [1.29, 1.82) is 5.41 Å². The van der Waals surface area contributed by atoms with E-state index >= 15 is 0 Å². The van der Waals surface area contributed by atoms with Crippen LogP contribution in [0.1, 0.15) is 31.2 Å². The first-order valence-electron chi connectivity index (χ1n) is 8.46. The summed E-state index contributed by atoms with van der Waals surface area (Å²) in [7, 11) is 0. The van der Waals surface area contributed by atoms with Crippen LogP contribution in [0.4, 0.5) is 8.78 Å². The highest BCUT2D eigenvalue weighted by molar-refractivity contribution is 5.85. The Balaban J connectivity index is 0.00000243. The molecule has 1 aliphatic carbocycles. The summed E-state index contributed by atoms with van der Waals surface area (Å²) in [5.41, 5.74) is -1.80. The van der Waals surface area contributed by atoms with Gasteiger partial charge in [0, 0.05) is 31.7 Å². The molecular weight excluding hydrogens is 366 g/mol. The van der Waals surface area contributed by atoms with E-state index in [1.54, 1.807) is 35.2 Å². The van der Waals surface area contributed by atoms with Gasteiger partial charge in [0.1, 0.15) is 6.10 Å². The minimum absolute atomic E-state index is 0. The van der Waals surface area contributed by atoms with Crippen molar-refractivity contribution < 1.29 is 23.4 Å². The Hall–Kier alpha value is -1.73. The smallest absolute Gasteiger partial charge is 0.343 e. The lowest BCUT2D eigenvalue weighted by Gasteiger charge is -2.33. The van der Waals surface area contributed by atoms with Crippen molar-refractivity contribution in [2.24, 2.45) is 5.92 Å². The molecule has 1 aromatic carbocycles. The second kappa shape index (κ2) is 7.88. The maximum absolute atomic E-state index is 13.7. The molecule has 1 saturated carbocycles. The molecule has 0 amide bonds. The van der Waals surface area contributed by atoms with Crippen molar-refractivity contribution in [2.45, 2.75) is 43.3 Å². The number of alkyl halides is 2. The van der Waals surface area contributed by atoms with E-state index in [0.717, 1.165) is 0 Å². The Labute approximate surface area is 157 Å². The molecule has 144 valence electrons. The van der Waals surface area contributed by atoms with Crippen LogP contribution in [-0.4, -0.2) is 47.4 Å². The van der Waals surface area contributed by atoms with Gasteiger partial charge in [-0.2, -0.15) is 0 Å². The number of esters is 1. The molecule has 0 radical (unpaired) electrons. The molecule has 0 spiro atoms. The highest BCUT2D eigenvalue weighted by Crippen LogP contribution is 2.48. The van der Waals surface area contributed by atoms with E-state index in [9.17, 15) is 18.7 Å². The van der Waals surface area contributed by atoms with Gasteiger partial charge in [-0.25, -0.2) is 13.6 Å². The second-order valence-corrected chi connectivity index (χ2v) is 6.87. The average molecular weight is 389 g/mol. The molecule has 2 N–H and O–H groups in total. The van der Waals surface area contributed by atoms with Gasteiger partial charge in [0.2, 0.25) is 5.92 Å². The summed E-state index contributed by atoms with van der Waals surface area (Å²) in [6.45, 7) is 0.966. The van der Waals surface area contributed by atoms with Gasteiger partial charge in [0.25, 0.3) is 0 Å². The Morgan fingerprint density at radius 2 is 2.04 bits per heavy atom. The van der Waals surface area contributed by atoms with Crippen molar-refractivity contribution in [3.05, 3.63) is 35.9 Å². The number of halogens is 3. The van der Waals surface area contributed by atoms with Crippen LogP contribution in [0, 0.1) is 11.3 Å². The lowest BCUT2D eigenvalue weighted by atomic mass is 9.80. The fourth-order valence-electron chi connectivity index (χ4n) is 3.73. The first-order valence-corrected chi connectivity index (χ1v) is 8.46. The van der Waals surface area contributed by atoms with E-state index in [0.29, 0.717) is 19.5 Å². The first-order chi connectivity index (χ1) is 11.8. The van der Waals surface area contributed by atoms with Crippen LogP contribution in [0.15, 0.2) is 30.3 Å². The third-order valence-corrected chi connectivity index (χ3v) is 5.15. The molecule has 0 aromatic heterocycles. The number of carbonyl (C=O) groups excluding carboxylic acids is 1. The third-order valence-electron chi connectivity index (χ3n) is 5.15. The van der Waals surface area contributed by atoms with Gasteiger partial charge >= 0.3 is 5.97 Å². The summed E-state index contributed by atoms with van der Waals surface area (Å²) in [5, 5.41) is 18.4. The average Bonchev–Trinajstić information content (AvgIpc) is 3.20. The van der Waals surface area contributed by atoms with E-state index < -0.39 is 35.9 Å². The lowest BCUT2D eigenvalue weighted by molar-refractivity contribution is -0.179. The van der Waals surface area contributed by atoms with Crippen molar-refractivity contribution >= 4 is 24.7 Å². The van der Waals surface area contributed by atoms with Crippen molar-refractivity contribution in [3.8, 4) is 0 Å². The zero-order valence-corrected chi connectivity index (χ0v) is 15.1. The molecule has 2 aliphatic rings. The van der Waals surface area contributed by atoms with E-state index in [2.05, 4.69) is 0 Å². The van der Waals surface area contributed by atoms with Gasteiger partial charge in [-0.05, 0) is 12.0 Å². The molecule has 1 heterocycles. The summed E-state index contributed by atoms with van der Waals surface area (Å²) >= 11 is 0. The molecule has 2 fully saturated rings. The normalized spacial score (nSPS) is 26.7. The number of aliphatic hydroxyl groups is 1. The van der Waals surface area contributed by atoms with Crippen LogP contribution in [0.3, 0.4) is 0 Å². The predicted molar refractivity (Wildman–Crippen MR) is 94.7 cm³/mol.